The van der Waals surface area contributed by atoms with Crippen LogP contribution in [-0.2, 0) is 0 Å². The van der Waals surface area contributed by atoms with E-state index < -0.39 is 0 Å². The first kappa shape index (κ1) is 12.1. The second-order valence-corrected chi connectivity index (χ2v) is 4.90. The molecule has 90 valence electrons. The molecule has 0 bridgehead atoms. The monoisotopic (exact) mass is 228 g/mol. The number of hydrogen-bond acceptors (Lipinski definition) is 1. The van der Waals surface area contributed by atoms with E-state index in [1.165, 1.54) is 0 Å². The Morgan fingerprint density at radius 1 is 1.35 bits per heavy atom. The van der Waals surface area contributed by atoms with Gasteiger partial charge in [0.15, 0.2) is 5.78 Å². The first-order valence-corrected chi connectivity index (χ1v) is 6.49. The van der Waals surface area contributed by atoms with Crippen LogP contribution in [0.4, 0.5) is 0 Å². The molecule has 0 aliphatic heterocycles. The minimum atomic E-state index is 0.153. The zero-order valence-electron chi connectivity index (χ0n) is 10.4. The van der Waals surface area contributed by atoms with Crippen LogP contribution < -0.4 is 0 Å². The minimum Gasteiger partial charge on any atom is -0.294 e. The fourth-order valence-electron chi connectivity index (χ4n) is 3.04. The molecule has 0 spiro atoms. The van der Waals surface area contributed by atoms with Gasteiger partial charge < -0.3 is 0 Å². The Morgan fingerprint density at radius 3 is 2.65 bits per heavy atom. The molecule has 0 radical (unpaired) electrons. The first-order valence-electron chi connectivity index (χ1n) is 6.49. The van der Waals surface area contributed by atoms with Crippen LogP contribution in [0.15, 0.2) is 43.0 Å². The highest BCUT2D eigenvalue weighted by molar-refractivity contribution is 5.98. The maximum atomic E-state index is 12.5. The van der Waals surface area contributed by atoms with E-state index in [4.69, 9.17) is 0 Å². The van der Waals surface area contributed by atoms with Crippen molar-refractivity contribution >= 4 is 5.78 Å². The van der Waals surface area contributed by atoms with Gasteiger partial charge in [-0.05, 0) is 24.7 Å². The van der Waals surface area contributed by atoms with Gasteiger partial charge in [0.25, 0.3) is 0 Å². The molecule has 1 fully saturated rings. The highest BCUT2D eigenvalue weighted by Gasteiger charge is 2.38. The number of hydrogen-bond donors (Lipinski definition) is 0. The van der Waals surface area contributed by atoms with E-state index in [1.807, 2.05) is 36.4 Å². The Labute approximate surface area is 104 Å². The average molecular weight is 228 g/mol. The van der Waals surface area contributed by atoms with Gasteiger partial charge >= 0.3 is 0 Å². The van der Waals surface area contributed by atoms with E-state index in [-0.39, 0.29) is 5.92 Å². The molecule has 0 aromatic heterocycles. The molecular weight excluding hydrogens is 208 g/mol. The lowest BCUT2D eigenvalue weighted by Gasteiger charge is -2.21. The van der Waals surface area contributed by atoms with Gasteiger partial charge in [-0.1, -0.05) is 49.8 Å². The number of Topliss-reactive ketones (excluding diaryl/α,β-unsaturated/α-hetero) is 1. The van der Waals surface area contributed by atoms with Crippen LogP contribution in [0.2, 0.25) is 0 Å². The van der Waals surface area contributed by atoms with Crippen LogP contribution in [0.3, 0.4) is 0 Å². The highest BCUT2D eigenvalue weighted by atomic mass is 16.1. The van der Waals surface area contributed by atoms with E-state index in [0.717, 1.165) is 24.8 Å². The van der Waals surface area contributed by atoms with E-state index in [1.54, 1.807) is 0 Å². The smallest absolute Gasteiger partial charge is 0.166 e. The number of ketones is 1. The summed E-state index contributed by atoms with van der Waals surface area (Å²) in [6.07, 6.45) is 5.34. The lowest BCUT2D eigenvalue weighted by molar-refractivity contribution is 0.0867. The summed E-state index contributed by atoms with van der Waals surface area (Å²) in [4.78, 5) is 12.5. The van der Waals surface area contributed by atoms with Gasteiger partial charge in [-0.3, -0.25) is 4.79 Å². The summed E-state index contributed by atoms with van der Waals surface area (Å²) in [5.74, 6) is 1.36. The van der Waals surface area contributed by atoms with Gasteiger partial charge in [0, 0.05) is 11.5 Å². The van der Waals surface area contributed by atoms with Crippen LogP contribution in [0, 0.1) is 17.8 Å². The van der Waals surface area contributed by atoms with Crippen LogP contribution in [0.5, 0.6) is 0 Å². The second kappa shape index (κ2) is 5.31. The molecular formula is C16H20O. The quantitative estimate of drug-likeness (QED) is 0.560. The lowest BCUT2D eigenvalue weighted by atomic mass is 9.82. The van der Waals surface area contributed by atoms with E-state index in [0.29, 0.717) is 17.6 Å². The van der Waals surface area contributed by atoms with Crippen molar-refractivity contribution in [3.8, 4) is 0 Å². The maximum absolute atomic E-state index is 12.5. The summed E-state index contributed by atoms with van der Waals surface area (Å²) in [6, 6.07) is 9.67. The molecule has 1 aliphatic rings. The third-order valence-electron chi connectivity index (χ3n) is 4.03. The van der Waals surface area contributed by atoms with Gasteiger partial charge in [0.2, 0.25) is 0 Å². The Morgan fingerprint density at radius 2 is 2.06 bits per heavy atom. The Bertz CT molecular complexity index is 393. The molecule has 1 heteroatoms. The molecule has 0 amide bonds. The highest BCUT2D eigenvalue weighted by Crippen LogP contribution is 2.41. The maximum Gasteiger partial charge on any atom is 0.166 e. The van der Waals surface area contributed by atoms with Crippen molar-refractivity contribution in [1.82, 2.24) is 0 Å². The Kier molecular flexibility index (Phi) is 3.78. The molecule has 1 aromatic rings. The normalized spacial score (nSPS) is 27.9. The minimum absolute atomic E-state index is 0.153. The number of allylic oxidation sites excluding steroid dienone is 1. The number of carbonyl (C=O) groups is 1. The number of rotatable bonds is 4. The fraction of sp³-hybridized carbons (Fsp3) is 0.438. The molecule has 0 N–H and O–H groups in total. The third-order valence-corrected chi connectivity index (χ3v) is 4.03. The van der Waals surface area contributed by atoms with Crippen LogP contribution >= 0.6 is 0 Å². The second-order valence-electron chi connectivity index (χ2n) is 4.90. The van der Waals surface area contributed by atoms with Gasteiger partial charge in [-0.15, -0.1) is 6.58 Å². The third kappa shape index (κ3) is 2.33. The van der Waals surface area contributed by atoms with Crippen LogP contribution in [0.25, 0.3) is 0 Å². The van der Waals surface area contributed by atoms with Gasteiger partial charge in [0.05, 0.1) is 0 Å². The molecule has 2 rings (SSSR count). The van der Waals surface area contributed by atoms with Gasteiger partial charge in [-0.2, -0.15) is 0 Å². The van der Waals surface area contributed by atoms with Crippen molar-refractivity contribution in [2.24, 2.45) is 17.8 Å². The Hall–Kier alpha value is -1.37. The summed E-state index contributed by atoms with van der Waals surface area (Å²) in [6.45, 7) is 6.07. The van der Waals surface area contributed by atoms with Crippen molar-refractivity contribution in [2.45, 2.75) is 26.2 Å². The van der Waals surface area contributed by atoms with Crippen LogP contribution in [0.1, 0.15) is 36.5 Å². The molecule has 0 saturated heterocycles. The van der Waals surface area contributed by atoms with E-state index >= 15 is 0 Å². The number of carbonyl (C=O) groups excluding carboxylic acids is 1. The first-order chi connectivity index (χ1) is 8.27. The van der Waals surface area contributed by atoms with Crippen molar-refractivity contribution in [3.63, 3.8) is 0 Å². The molecule has 0 heterocycles. The zero-order chi connectivity index (χ0) is 12.3. The van der Waals surface area contributed by atoms with Crippen molar-refractivity contribution in [1.29, 1.82) is 0 Å². The largest absolute Gasteiger partial charge is 0.294 e. The summed E-state index contributed by atoms with van der Waals surface area (Å²) in [5.41, 5.74) is 0.852. The zero-order valence-corrected chi connectivity index (χ0v) is 10.4. The lowest BCUT2D eigenvalue weighted by Crippen LogP contribution is -2.23. The summed E-state index contributed by atoms with van der Waals surface area (Å²) < 4.78 is 0. The summed E-state index contributed by atoms with van der Waals surface area (Å²) >= 11 is 0. The fourth-order valence-corrected chi connectivity index (χ4v) is 3.04. The molecule has 17 heavy (non-hydrogen) atoms. The predicted octanol–water partition coefficient (Wildman–Crippen LogP) is 4.11. The van der Waals surface area contributed by atoms with Gasteiger partial charge in [0.1, 0.15) is 0 Å². The SMILES string of the molecule is C=C[C@H]1CC[C@H](CC)[C@H]1C(=O)c1ccccc1. The topological polar surface area (TPSA) is 17.1 Å². The van der Waals surface area contributed by atoms with Crippen molar-refractivity contribution < 1.29 is 4.79 Å². The Balaban J connectivity index is 2.25. The van der Waals surface area contributed by atoms with E-state index in [2.05, 4.69) is 13.5 Å². The van der Waals surface area contributed by atoms with Crippen molar-refractivity contribution in [2.75, 3.05) is 0 Å². The molecule has 1 aromatic carbocycles. The van der Waals surface area contributed by atoms with Gasteiger partial charge in [-0.25, -0.2) is 0 Å². The standard InChI is InChI=1S/C16H20O/c1-3-12-10-11-13(4-2)15(12)16(17)14-8-6-5-7-9-14/h3,5-9,12-13,15H,1,4,10-11H2,2H3/t12-,13-,15-/m0/s1. The molecule has 1 saturated carbocycles. The molecule has 0 unspecified atom stereocenters. The molecule has 1 aliphatic carbocycles. The number of benzene rings is 1. The van der Waals surface area contributed by atoms with E-state index in [9.17, 15) is 4.79 Å². The summed E-state index contributed by atoms with van der Waals surface area (Å²) in [7, 11) is 0. The van der Waals surface area contributed by atoms with Crippen LogP contribution in [-0.4, -0.2) is 5.78 Å². The summed E-state index contributed by atoms with van der Waals surface area (Å²) in [5, 5.41) is 0. The predicted molar refractivity (Wildman–Crippen MR) is 71.0 cm³/mol. The molecule has 1 nitrogen and oxygen atoms in total. The molecule has 3 atom stereocenters. The van der Waals surface area contributed by atoms with Crippen molar-refractivity contribution in [3.05, 3.63) is 48.6 Å². The average Bonchev–Trinajstić information content (AvgIpc) is 2.81.